The van der Waals surface area contributed by atoms with Crippen LogP contribution in [0.1, 0.15) is 16.2 Å². The molecule has 1 N–H and O–H groups in total. The summed E-state index contributed by atoms with van der Waals surface area (Å²) in [6.07, 6.45) is 0. The van der Waals surface area contributed by atoms with Gasteiger partial charge in [-0.25, -0.2) is 4.98 Å². The van der Waals surface area contributed by atoms with Crippen LogP contribution in [0.4, 0.5) is 0 Å². The van der Waals surface area contributed by atoms with E-state index in [4.69, 9.17) is 21.3 Å². The van der Waals surface area contributed by atoms with Crippen LogP contribution in [0.5, 0.6) is 5.75 Å². The third kappa shape index (κ3) is 4.66. The summed E-state index contributed by atoms with van der Waals surface area (Å²) in [4.78, 5) is 17.2. The number of nitrogens with one attached hydrogen (secondary N) is 1. The summed E-state index contributed by atoms with van der Waals surface area (Å²) < 4.78 is 8.77. The van der Waals surface area contributed by atoms with Crippen molar-refractivity contribution in [3.63, 3.8) is 0 Å². The first-order valence-electron chi connectivity index (χ1n) is 9.47. The van der Waals surface area contributed by atoms with E-state index < -0.39 is 0 Å². The molecule has 0 saturated carbocycles. The van der Waals surface area contributed by atoms with Crippen molar-refractivity contribution in [2.45, 2.75) is 13.1 Å². The van der Waals surface area contributed by atoms with Crippen molar-refractivity contribution in [3.05, 3.63) is 93.7 Å². The number of aromatic nitrogens is 2. The van der Waals surface area contributed by atoms with Gasteiger partial charge in [0.05, 0.1) is 29.1 Å². The topological polar surface area (TPSA) is 56.2 Å². The van der Waals surface area contributed by atoms with E-state index in [9.17, 15) is 4.79 Å². The zero-order valence-corrected chi connectivity index (χ0v) is 18.4. The normalized spacial score (nSPS) is 10.9. The Morgan fingerprint density at radius 1 is 1.07 bits per heavy atom. The summed E-state index contributed by atoms with van der Waals surface area (Å²) >= 11 is 9.56. The van der Waals surface area contributed by atoms with Crippen molar-refractivity contribution in [3.8, 4) is 5.75 Å². The van der Waals surface area contributed by atoms with Gasteiger partial charge in [0.25, 0.3) is 5.91 Å². The number of nitrogens with zero attached hydrogens (tertiary/aromatic N) is 2. The van der Waals surface area contributed by atoms with Crippen molar-refractivity contribution < 1.29 is 9.53 Å². The van der Waals surface area contributed by atoms with E-state index in [0.29, 0.717) is 36.0 Å². The fraction of sp³-hybridized carbons (Fsp3) is 0.130. The average Bonchev–Trinajstić information content (AvgIpc) is 3.11. The summed E-state index contributed by atoms with van der Waals surface area (Å²) in [5.74, 6) is 1.26. The van der Waals surface area contributed by atoms with Crippen molar-refractivity contribution >= 4 is 44.5 Å². The number of hydrogen-bond donors (Lipinski definition) is 1. The molecule has 1 aromatic heterocycles. The molecule has 0 bridgehead atoms. The molecule has 0 aliphatic rings. The Labute approximate surface area is 187 Å². The monoisotopic (exact) mass is 483 g/mol. The highest BCUT2D eigenvalue weighted by Crippen LogP contribution is 2.23. The number of benzene rings is 3. The first-order valence-corrected chi connectivity index (χ1v) is 10.6. The van der Waals surface area contributed by atoms with Crippen LogP contribution in [0.2, 0.25) is 5.02 Å². The second-order valence-corrected chi connectivity index (χ2v) is 7.96. The molecule has 0 aliphatic carbocycles. The maximum absolute atomic E-state index is 12.5. The van der Waals surface area contributed by atoms with E-state index in [1.54, 1.807) is 18.2 Å². The molecule has 30 heavy (non-hydrogen) atoms. The lowest BCUT2D eigenvalue weighted by Gasteiger charge is -2.12. The molecule has 4 aromatic rings. The number of carbonyl (C=O) groups excluding carboxylic acids is 1. The summed E-state index contributed by atoms with van der Waals surface area (Å²) in [7, 11) is 0. The number of para-hydroxylation sites is 3. The predicted octanol–water partition coefficient (Wildman–Crippen LogP) is 5.46. The smallest absolute Gasteiger partial charge is 0.251 e. The third-order valence-corrected chi connectivity index (χ3v) is 5.44. The minimum Gasteiger partial charge on any atom is -0.490 e. The van der Waals surface area contributed by atoms with Crippen LogP contribution < -0.4 is 10.1 Å². The van der Waals surface area contributed by atoms with Gasteiger partial charge >= 0.3 is 0 Å². The van der Waals surface area contributed by atoms with E-state index >= 15 is 0 Å². The summed E-state index contributed by atoms with van der Waals surface area (Å²) in [6.45, 7) is 1.32. The van der Waals surface area contributed by atoms with Gasteiger partial charge in [-0.15, -0.1) is 0 Å². The molecule has 0 radical (unpaired) electrons. The quantitative estimate of drug-likeness (QED) is 0.379. The summed E-state index contributed by atoms with van der Waals surface area (Å²) in [5, 5.41) is 3.53. The molecule has 0 fully saturated rings. The van der Waals surface area contributed by atoms with Gasteiger partial charge in [-0.05, 0) is 42.5 Å². The minimum absolute atomic E-state index is 0.151. The number of amides is 1. The molecule has 3 aromatic carbocycles. The van der Waals surface area contributed by atoms with Gasteiger partial charge < -0.3 is 14.6 Å². The first kappa shape index (κ1) is 20.4. The van der Waals surface area contributed by atoms with E-state index in [2.05, 4.69) is 25.8 Å². The summed E-state index contributed by atoms with van der Waals surface area (Å²) in [5.41, 5.74) is 2.46. The molecule has 0 atom stereocenters. The van der Waals surface area contributed by atoms with Gasteiger partial charge in [-0.3, -0.25) is 4.79 Å². The molecule has 0 aliphatic heterocycles. The van der Waals surface area contributed by atoms with Crippen LogP contribution in [0.15, 0.2) is 77.3 Å². The second kappa shape index (κ2) is 9.32. The zero-order chi connectivity index (χ0) is 20.9. The highest BCUT2D eigenvalue weighted by molar-refractivity contribution is 9.10. The van der Waals surface area contributed by atoms with E-state index in [1.807, 2.05) is 54.6 Å². The van der Waals surface area contributed by atoms with Gasteiger partial charge in [-0.2, -0.15) is 0 Å². The molecule has 152 valence electrons. The molecule has 0 saturated heterocycles. The van der Waals surface area contributed by atoms with Gasteiger partial charge in [0.1, 0.15) is 18.2 Å². The van der Waals surface area contributed by atoms with Gasteiger partial charge in [0.15, 0.2) is 0 Å². The SMILES string of the molecule is O=C(NCc1nc2ccccc2n1CCOc1ccccc1Cl)c1cccc(Br)c1. The van der Waals surface area contributed by atoms with Crippen LogP contribution in [0.25, 0.3) is 11.0 Å². The number of hydrogen-bond acceptors (Lipinski definition) is 3. The van der Waals surface area contributed by atoms with Crippen molar-refractivity contribution in [2.24, 2.45) is 0 Å². The van der Waals surface area contributed by atoms with Crippen LogP contribution in [0, 0.1) is 0 Å². The van der Waals surface area contributed by atoms with E-state index in [0.717, 1.165) is 21.3 Å². The number of imidazole rings is 1. The Hall–Kier alpha value is -2.83. The Balaban J connectivity index is 1.50. The van der Waals surface area contributed by atoms with Crippen molar-refractivity contribution in [1.82, 2.24) is 14.9 Å². The molecule has 4 rings (SSSR count). The van der Waals surface area contributed by atoms with Gasteiger partial charge in [0, 0.05) is 10.0 Å². The zero-order valence-electron chi connectivity index (χ0n) is 16.0. The summed E-state index contributed by atoms with van der Waals surface area (Å²) in [6, 6.07) is 22.6. The number of fused-ring (bicyclic) bond motifs is 1. The second-order valence-electron chi connectivity index (χ2n) is 6.64. The molecule has 7 heteroatoms. The Bertz CT molecular complexity index is 1190. The lowest BCUT2D eigenvalue weighted by Crippen LogP contribution is -2.25. The lowest BCUT2D eigenvalue weighted by atomic mass is 10.2. The number of rotatable bonds is 7. The number of ether oxygens (including phenoxy) is 1. The number of carbonyl (C=O) groups is 1. The maximum Gasteiger partial charge on any atom is 0.251 e. The third-order valence-electron chi connectivity index (χ3n) is 4.64. The van der Waals surface area contributed by atoms with Crippen LogP contribution in [-0.2, 0) is 13.1 Å². The molecule has 1 amide bonds. The van der Waals surface area contributed by atoms with E-state index in [1.165, 1.54) is 0 Å². The van der Waals surface area contributed by atoms with Crippen LogP contribution in [-0.4, -0.2) is 22.1 Å². The molecular formula is C23H19BrClN3O2. The van der Waals surface area contributed by atoms with Crippen molar-refractivity contribution in [2.75, 3.05) is 6.61 Å². The number of halogens is 2. The largest absolute Gasteiger partial charge is 0.490 e. The minimum atomic E-state index is -0.151. The average molecular weight is 485 g/mol. The van der Waals surface area contributed by atoms with Crippen LogP contribution in [0.3, 0.4) is 0 Å². The fourth-order valence-electron chi connectivity index (χ4n) is 3.21. The molecular weight excluding hydrogens is 466 g/mol. The Morgan fingerprint density at radius 2 is 1.87 bits per heavy atom. The molecule has 5 nitrogen and oxygen atoms in total. The van der Waals surface area contributed by atoms with Gasteiger partial charge in [0.2, 0.25) is 0 Å². The highest BCUT2D eigenvalue weighted by atomic mass is 79.9. The molecule has 1 heterocycles. The molecule has 0 spiro atoms. The lowest BCUT2D eigenvalue weighted by molar-refractivity contribution is 0.0949. The maximum atomic E-state index is 12.5. The highest BCUT2D eigenvalue weighted by Gasteiger charge is 2.13. The van der Waals surface area contributed by atoms with Crippen LogP contribution >= 0.6 is 27.5 Å². The van der Waals surface area contributed by atoms with E-state index in [-0.39, 0.29) is 5.91 Å². The molecule has 0 unspecified atom stereocenters. The van der Waals surface area contributed by atoms with Crippen molar-refractivity contribution in [1.29, 1.82) is 0 Å². The fourth-order valence-corrected chi connectivity index (χ4v) is 3.80. The first-order chi connectivity index (χ1) is 14.6. The Kier molecular flexibility index (Phi) is 6.35. The predicted molar refractivity (Wildman–Crippen MR) is 122 cm³/mol. The Morgan fingerprint density at radius 3 is 2.70 bits per heavy atom. The van der Waals surface area contributed by atoms with Gasteiger partial charge in [-0.1, -0.05) is 57.9 Å². The standard InChI is InChI=1S/C23H19BrClN3O2/c24-17-7-5-6-16(14-17)23(29)26-15-22-27-19-9-2-3-10-20(19)28(22)12-13-30-21-11-4-1-8-18(21)25/h1-11,14H,12-13,15H2,(H,26,29).